The molecule has 0 bridgehead atoms. The highest BCUT2D eigenvalue weighted by Gasteiger charge is 2.19. The van der Waals surface area contributed by atoms with Gasteiger partial charge in [-0.05, 0) is 43.2 Å². The number of amides is 1. The molecule has 0 aliphatic carbocycles. The van der Waals surface area contributed by atoms with Crippen molar-refractivity contribution < 1.29 is 14.7 Å². The number of nitrogens with zero attached hydrogens (tertiary/aromatic N) is 2. The van der Waals surface area contributed by atoms with Gasteiger partial charge in [0.1, 0.15) is 11.3 Å². The van der Waals surface area contributed by atoms with E-state index >= 15 is 0 Å². The number of carboxylic acid groups (broad SMARTS) is 1. The number of pyridine rings is 1. The molecule has 3 aromatic rings. The van der Waals surface area contributed by atoms with Gasteiger partial charge in [0.15, 0.2) is 0 Å². The summed E-state index contributed by atoms with van der Waals surface area (Å²) in [4.78, 5) is 28.5. The number of fused-ring (bicyclic) bond motifs is 1. The number of aromatic carboxylic acids is 1. The lowest BCUT2D eigenvalue weighted by Crippen LogP contribution is -2.17. The van der Waals surface area contributed by atoms with Crippen molar-refractivity contribution in [2.75, 3.05) is 5.32 Å². The van der Waals surface area contributed by atoms with E-state index in [9.17, 15) is 9.59 Å². The predicted octanol–water partition coefficient (Wildman–Crippen LogP) is 3.55. The number of benzene rings is 1. The topological polar surface area (TPSA) is 83.7 Å². The lowest BCUT2D eigenvalue weighted by molar-refractivity contribution is 0.0696. The molecular formula is C19H19N3O3. The fourth-order valence-electron chi connectivity index (χ4n) is 2.77. The van der Waals surface area contributed by atoms with Gasteiger partial charge in [0.05, 0.1) is 11.3 Å². The molecule has 0 saturated carbocycles. The van der Waals surface area contributed by atoms with Crippen molar-refractivity contribution in [3.63, 3.8) is 0 Å². The van der Waals surface area contributed by atoms with Crippen molar-refractivity contribution in [3.8, 4) is 0 Å². The number of carboxylic acids is 1. The smallest absolute Gasteiger partial charge is 0.335 e. The van der Waals surface area contributed by atoms with Crippen LogP contribution in [0.25, 0.3) is 5.65 Å². The number of imidazole rings is 1. The third-order valence-corrected chi connectivity index (χ3v) is 3.91. The number of aromatic nitrogens is 2. The van der Waals surface area contributed by atoms with Crippen LogP contribution in [0.1, 0.15) is 45.4 Å². The first-order valence-corrected chi connectivity index (χ1v) is 8.12. The highest BCUT2D eigenvalue weighted by atomic mass is 16.4. The fourth-order valence-corrected chi connectivity index (χ4v) is 2.77. The molecule has 0 unspecified atom stereocenters. The number of rotatable bonds is 5. The Bertz CT molecular complexity index is 960. The minimum Gasteiger partial charge on any atom is -0.478 e. The van der Waals surface area contributed by atoms with Crippen LogP contribution in [-0.2, 0) is 6.42 Å². The van der Waals surface area contributed by atoms with E-state index in [0.717, 1.165) is 23.3 Å². The number of hydrogen-bond acceptors (Lipinski definition) is 3. The number of anilines is 1. The zero-order valence-corrected chi connectivity index (χ0v) is 14.1. The van der Waals surface area contributed by atoms with Crippen LogP contribution in [0.15, 0.2) is 42.6 Å². The van der Waals surface area contributed by atoms with Gasteiger partial charge < -0.3 is 10.4 Å². The predicted molar refractivity (Wildman–Crippen MR) is 95.3 cm³/mol. The molecule has 128 valence electrons. The zero-order chi connectivity index (χ0) is 18.0. The molecule has 0 atom stereocenters. The third-order valence-electron chi connectivity index (χ3n) is 3.91. The van der Waals surface area contributed by atoms with Gasteiger partial charge in [-0.3, -0.25) is 9.20 Å². The molecule has 0 fully saturated rings. The number of aryl methyl sites for hydroxylation is 2. The SMILES string of the molecule is CCCc1nc2ccc(C)cn2c1C(=O)Nc1cccc(C(=O)O)c1. The Kier molecular flexibility index (Phi) is 4.52. The van der Waals surface area contributed by atoms with E-state index in [1.54, 1.807) is 16.5 Å². The highest BCUT2D eigenvalue weighted by molar-refractivity contribution is 6.05. The van der Waals surface area contributed by atoms with E-state index in [1.165, 1.54) is 12.1 Å². The van der Waals surface area contributed by atoms with Crippen molar-refractivity contribution in [1.29, 1.82) is 0 Å². The minimum atomic E-state index is -1.03. The normalized spacial score (nSPS) is 10.8. The van der Waals surface area contributed by atoms with Crippen molar-refractivity contribution in [2.45, 2.75) is 26.7 Å². The average molecular weight is 337 g/mol. The molecule has 6 heteroatoms. The molecule has 6 nitrogen and oxygen atoms in total. The number of hydrogen-bond donors (Lipinski definition) is 2. The van der Waals surface area contributed by atoms with Crippen LogP contribution in [0.3, 0.4) is 0 Å². The van der Waals surface area contributed by atoms with Gasteiger partial charge in [-0.15, -0.1) is 0 Å². The second kappa shape index (κ2) is 6.76. The van der Waals surface area contributed by atoms with E-state index in [2.05, 4.69) is 10.3 Å². The average Bonchev–Trinajstić information content (AvgIpc) is 2.92. The van der Waals surface area contributed by atoms with Gasteiger partial charge in [0.25, 0.3) is 5.91 Å². The molecule has 0 saturated heterocycles. The van der Waals surface area contributed by atoms with Crippen molar-refractivity contribution >= 4 is 23.2 Å². The summed E-state index contributed by atoms with van der Waals surface area (Å²) >= 11 is 0. The Morgan fingerprint density at radius 2 is 2.04 bits per heavy atom. The maximum Gasteiger partial charge on any atom is 0.335 e. The minimum absolute atomic E-state index is 0.126. The summed E-state index contributed by atoms with van der Waals surface area (Å²) in [5.74, 6) is -1.34. The second-order valence-electron chi connectivity index (χ2n) is 5.93. The van der Waals surface area contributed by atoms with Crippen LogP contribution in [-0.4, -0.2) is 26.4 Å². The van der Waals surface area contributed by atoms with Crippen molar-refractivity contribution in [2.24, 2.45) is 0 Å². The molecule has 25 heavy (non-hydrogen) atoms. The monoisotopic (exact) mass is 337 g/mol. The van der Waals surface area contributed by atoms with Crippen LogP contribution in [0.4, 0.5) is 5.69 Å². The first-order valence-electron chi connectivity index (χ1n) is 8.12. The molecule has 0 spiro atoms. The Labute approximate surface area is 145 Å². The Morgan fingerprint density at radius 1 is 1.24 bits per heavy atom. The summed E-state index contributed by atoms with van der Waals surface area (Å²) < 4.78 is 1.79. The maximum absolute atomic E-state index is 12.9. The number of carbonyl (C=O) groups excluding carboxylic acids is 1. The first-order chi connectivity index (χ1) is 12.0. The largest absolute Gasteiger partial charge is 0.478 e. The highest BCUT2D eigenvalue weighted by Crippen LogP contribution is 2.18. The summed E-state index contributed by atoms with van der Waals surface area (Å²) in [6, 6.07) is 10.0. The lowest BCUT2D eigenvalue weighted by atomic mass is 10.1. The molecule has 1 amide bonds. The molecule has 2 heterocycles. The standard InChI is InChI=1S/C19H19N3O3/c1-3-5-15-17(22-11-12(2)8-9-16(22)21-15)18(23)20-14-7-4-6-13(10-14)19(24)25/h4,6-11H,3,5H2,1-2H3,(H,20,23)(H,24,25). The van der Waals surface area contributed by atoms with Gasteiger partial charge in [-0.25, -0.2) is 9.78 Å². The van der Waals surface area contributed by atoms with Gasteiger partial charge in [-0.2, -0.15) is 0 Å². The van der Waals surface area contributed by atoms with Crippen LogP contribution < -0.4 is 5.32 Å². The third kappa shape index (κ3) is 3.38. The zero-order valence-electron chi connectivity index (χ0n) is 14.1. The molecule has 1 aromatic carbocycles. The van der Waals surface area contributed by atoms with Crippen LogP contribution in [0.2, 0.25) is 0 Å². The van der Waals surface area contributed by atoms with Gasteiger partial charge in [-0.1, -0.05) is 25.5 Å². The van der Waals surface area contributed by atoms with Crippen LogP contribution in [0, 0.1) is 6.92 Å². The summed E-state index contributed by atoms with van der Waals surface area (Å²) in [6.45, 7) is 3.99. The maximum atomic E-state index is 12.9. The molecular weight excluding hydrogens is 318 g/mol. The molecule has 2 aromatic heterocycles. The molecule has 0 radical (unpaired) electrons. The quantitative estimate of drug-likeness (QED) is 0.746. The molecule has 2 N–H and O–H groups in total. The first kappa shape index (κ1) is 16.7. The second-order valence-corrected chi connectivity index (χ2v) is 5.93. The van der Waals surface area contributed by atoms with E-state index in [1.807, 2.05) is 32.2 Å². The Hall–Kier alpha value is -3.15. The van der Waals surface area contributed by atoms with E-state index in [0.29, 0.717) is 17.8 Å². The van der Waals surface area contributed by atoms with E-state index < -0.39 is 5.97 Å². The van der Waals surface area contributed by atoms with Gasteiger partial charge in [0.2, 0.25) is 0 Å². The molecule has 0 aliphatic rings. The Balaban J connectivity index is 2.01. The lowest BCUT2D eigenvalue weighted by Gasteiger charge is -2.08. The van der Waals surface area contributed by atoms with Crippen LogP contribution in [0.5, 0.6) is 0 Å². The van der Waals surface area contributed by atoms with Crippen LogP contribution >= 0.6 is 0 Å². The molecule has 0 aliphatic heterocycles. The number of carbonyl (C=O) groups is 2. The van der Waals surface area contributed by atoms with Crippen molar-refractivity contribution in [1.82, 2.24) is 9.38 Å². The summed E-state index contributed by atoms with van der Waals surface area (Å²) in [7, 11) is 0. The van der Waals surface area contributed by atoms with E-state index in [-0.39, 0.29) is 11.5 Å². The fraction of sp³-hybridized carbons (Fsp3) is 0.211. The summed E-state index contributed by atoms with van der Waals surface area (Å²) in [5.41, 5.74) is 3.53. The summed E-state index contributed by atoms with van der Waals surface area (Å²) in [6.07, 6.45) is 3.44. The van der Waals surface area contributed by atoms with Crippen molar-refractivity contribution in [3.05, 3.63) is 65.1 Å². The number of nitrogens with one attached hydrogen (secondary N) is 1. The summed E-state index contributed by atoms with van der Waals surface area (Å²) in [5, 5.41) is 11.9. The van der Waals surface area contributed by atoms with Gasteiger partial charge >= 0.3 is 5.97 Å². The molecule has 3 rings (SSSR count). The van der Waals surface area contributed by atoms with Gasteiger partial charge in [0, 0.05) is 11.9 Å². The Morgan fingerprint density at radius 3 is 2.76 bits per heavy atom. The van der Waals surface area contributed by atoms with E-state index in [4.69, 9.17) is 5.11 Å².